The molecule has 2 aliphatic heterocycles. The van der Waals surface area contributed by atoms with Gasteiger partial charge in [-0.25, -0.2) is 4.79 Å². The number of carbonyl (C=O) groups excluding carboxylic acids is 1. The number of aliphatic hydroxyl groups excluding tert-OH is 1. The lowest BCUT2D eigenvalue weighted by Crippen LogP contribution is -2.44. The van der Waals surface area contributed by atoms with Crippen LogP contribution in [0.5, 0.6) is 0 Å². The third kappa shape index (κ3) is 3.35. The number of carboxylic acid groups (broad SMARTS) is 2. The Kier molecular flexibility index (Phi) is 4.66. The van der Waals surface area contributed by atoms with Crippen LogP contribution in [0.3, 0.4) is 0 Å². The van der Waals surface area contributed by atoms with Crippen molar-refractivity contribution in [2.45, 2.75) is 42.9 Å². The van der Waals surface area contributed by atoms with Gasteiger partial charge >= 0.3 is 17.9 Å². The van der Waals surface area contributed by atoms with E-state index >= 15 is 0 Å². The first kappa shape index (κ1) is 16.6. The van der Waals surface area contributed by atoms with Crippen molar-refractivity contribution in [3.05, 3.63) is 0 Å². The molecular formula is C12H16O10. The van der Waals surface area contributed by atoms with E-state index in [4.69, 9.17) is 24.4 Å². The van der Waals surface area contributed by atoms with Crippen LogP contribution in [-0.2, 0) is 28.6 Å². The Morgan fingerprint density at radius 1 is 1.09 bits per heavy atom. The molecule has 2 saturated heterocycles. The van der Waals surface area contributed by atoms with Crippen LogP contribution in [0.4, 0.5) is 0 Å². The predicted octanol–water partition coefficient (Wildman–Crippen LogP) is -2.26. The highest BCUT2D eigenvalue weighted by molar-refractivity contribution is 5.88. The molecule has 0 aromatic rings. The number of aliphatic hydroxyl groups is 2. The molecule has 0 aromatic carbocycles. The van der Waals surface area contributed by atoms with Crippen molar-refractivity contribution in [1.29, 1.82) is 0 Å². The molecule has 0 spiro atoms. The summed E-state index contributed by atoms with van der Waals surface area (Å²) in [5, 5.41) is 36.8. The first-order valence-corrected chi connectivity index (χ1v) is 6.51. The fourth-order valence-electron chi connectivity index (χ4n) is 2.46. The monoisotopic (exact) mass is 320 g/mol. The van der Waals surface area contributed by atoms with Gasteiger partial charge in [-0.3, -0.25) is 9.59 Å². The average molecular weight is 320 g/mol. The topological polar surface area (TPSA) is 160 Å². The van der Waals surface area contributed by atoms with Gasteiger partial charge < -0.3 is 34.6 Å². The van der Waals surface area contributed by atoms with Crippen molar-refractivity contribution in [2.24, 2.45) is 0 Å². The molecule has 10 nitrogen and oxygen atoms in total. The minimum absolute atomic E-state index is 0.0292. The van der Waals surface area contributed by atoms with Crippen LogP contribution in [0.2, 0.25) is 0 Å². The van der Waals surface area contributed by atoms with Gasteiger partial charge in [-0.15, -0.1) is 0 Å². The molecule has 2 aliphatic rings. The summed E-state index contributed by atoms with van der Waals surface area (Å²) in [5.41, 5.74) is -2.75. The van der Waals surface area contributed by atoms with E-state index in [0.717, 1.165) is 0 Å². The standard InChI is InChI=1S/C12H16O10/c13-5-3-20-10-6(4-21-9(5)10)22-8(16)2-12(19,11(17)18)1-7(14)15/h5-6,9-10,13,19H,1-4H2,(H,14,15)(H,17,18)/t5-,6+,9-,10-,12?/m1/s1. The molecule has 124 valence electrons. The van der Waals surface area contributed by atoms with Gasteiger partial charge in [0.25, 0.3) is 0 Å². The Morgan fingerprint density at radius 2 is 1.73 bits per heavy atom. The van der Waals surface area contributed by atoms with E-state index in [1.165, 1.54) is 0 Å². The first-order valence-electron chi connectivity index (χ1n) is 6.51. The van der Waals surface area contributed by atoms with Gasteiger partial charge in [0.2, 0.25) is 0 Å². The van der Waals surface area contributed by atoms with E-state index in [0.29, 0.717) is 0 Å². The van der Waals surface area contributed by atoms with Crippen LogP contribution >= 0.6 is 0 Å². The first-order chi connectivity index (χ1) is 10.2. The van der Waals surface area contributed by atoms with Gasteiger partial charge in [0.1, 0.15) is 18.3 Å². The van der Waals surface area contributed by atoms with Crippen LogP contribution in [0.1, 0.15) is 12.8 Å². The van der Waals surface area contributed by atoms with Crippen LogP contribution in [0, 0.1) is 0 Å². The maximum Gasteiger partial charge on any atom is 0.336 e. The van der Waals surface area contributed by atoms with Crippen LogP contribution in [0.25, 0.3) is 0 Å². The number of ether oxygens (including phenoxy) is 3. The highest BCUT2D eigenvalue weighted by Crippen LogP contribution is 2.29. The summed E-state index contributed by atoms with van der Waals surface area (Å²) in [6.45, 7) is -0.00990. The third-order valence-corrected chi connectivity index (χ3v) is 3.54. The zero-order valence-corrected chi connectivity index (χ0v) is 11.4. The molecule has 2 rings (SSSR count). The number of fused-ring (bicyclic) bond motifs is 1. The smallest absolute Gasteiger partial charge is 0.336 e. The molecule has 0 aromatic heterocycles. The molecule has 0 bridgehead atoms. The van der Waals surface area contributed by atoms with E-state index < -0.39 is 60.8 Å². The number of carboxylic acids is 2. The molecule has 1 unspecified atom stereocenters. The van der Waals surface area contributed by atoms with Gasteiger partial charge in [-0.05, 0) is 0 Å². The van der Waals surface area contributed by atoms with Crippen molar-refractivity contribution in [2.75, 3.05) is 13.2 Å². The van der Waals surface area contributed by atoms with E-state index in [1.54, 1.807) is 0 Å². The molecule has 4 N–H and O–H groups in total. The maximum atomic E-state index is 11.8. The SMILES string of the molecule is O=C(O)CC(O)(CC(=O)O[C@H]1CO[C@H]2[C@@H]1OC[C@H]2O)C(=O)O. The summed E-state index contributed by atoms with van der Waals surface area (Å²) in [5.74, 6) is -4.49. The van der Waals surface area contributed by atoms with E-state index in [2.05, 4.69) is 0 Å². The lowest BCUT2D eigenvalue weighted by atomic mass is 9.96. The second-order valence-electron chi connectivity index (χ2n) is 5.28. The fourth-order valence-corrected chi connectivity index (χ4v) is 2.46. The minimum atomic E-state index is -2.75. The third-order valence-electron chi connectivity index (χ3n) is 3.54. The van der Waals surface area contributed by atoms with Crippen molar-refractivity contribution in [3.63, 3.8) is 0 Å². The lowest BCUT2D eigenvalue weighted by Gasteiger charge is -2.22. The number of rotatable bonds is 6. The van der Waals surface area contributed by atoms with Crippen molar-refractivity contribution in [3.8, 4) is 0 Å². The summed E-state index contributed by atoms with van der Waals surface area (Å²) in [4.78, 5) is 33.3. The van der Waals surface area contributed by atoms with Crippen LogP contribution < -0.4 is 0 Å². The highest BCUT2D eigenvalue weighted by Gasteiger charge is 2.50. The summed E-state index contributed by atoms with van der Waals surface area (Å²) >= 11 is 0. The molecule has 5 atom stereocenters. The molecule has 10 heteroatoms. The van der Waals surface area contributed by atoms with Crippen LogP contribution in [-0.4, -0.2) is 81.6 Å². The van der Waals surface area contributed by atoms with Gasteiger partial charge in [-0.1, -0.05) is 0 Å². The van der Waals surface area contributed by atoms with Gasteiger partial charge in [0.05, 0.1) is 26.1 Å². The maximum absolute atomic E-state index is 11.8. The zero-order valence-electron chi connectivity index (χ0n) is 11.4. The largest absolute Gasteiger partial charge is 0.481 e. The Labute approximate surface area is 124 Å². The van der Waals surface area contributed by atoms with Gasteiger partial charge in [0.15, 0.2) is 11.7 Å². The van der Waals surface area contributed by atoms with Crippen molar-refractivity contribution < 1.29 is 49.0 Å². The normalized spacial score (nSPS) is 33.0. The molecule has 0 amide bonds. The molecule has 0 radical (unpaired) electrons. The number of hydrogen-bond donors (Lipinski definition) is 4. The van der Waals surface area contributed by atoms with E-state index in [-0.39, 0.29) is 13.2 Å². The Balaban J connectivity index is 1.94. The summed E-state index contributed by atoms with van der Waals surface area (Å²) in [6, 6.07) is 0. The fraction of sp³-hybridized carbons (Fsp3) is 0.750. The van der Waals surface area contributed by atoms with E-state index in [1.807, 2.05) is 0 Å². The summed E-state index contributed by atoms with van der Waals surface area (Å²) < 4.78 is 15.4. The van der Waals surface area contributed by atoms with Crippen LogP contribution in [0.15, 0.2) is 0 Å². The highest BCUT2D eigenvalue weighted by atomic mass is 16.6. The number of esters is 1. The summed E-state index contributed by atoms with van der Waals surface area (Å²) in [6.07, 6.45) is -5.15. The molecular weight excluding hydrogens is 304 g/mol. The Bertz CT molecular complexity index is 477. The second kappa shape index (κ2) is 6.16. The Hall–Kier alpha value is -1.75. The quantitative estimate of drug-likeness (QED) is 0.393. The zero-order chi connectivity index (χ0) is 16.5. The van der Waals surface area contributed by atoms with Crippen molar-refractivity contribution >= 4 is 17.9 Å². The van der Waals surface area contributed by atoms with Gasteiger partial charge in [0, 0.05) is 0 Å². The molecule has 0 aliphatic carbocycles. The molecule has 0 saturated carbocycles. The number of carbonyl (C=O) groups is 3. The molecule has 2 fully saturated rings. The number of hydrogen-bond acceptors (Lipinski definition) is 8. The number of aliphatic carboxylic acids is 2. The molecule has 22 heavy (non-hydrogen) atoms. The van der Waals surface area contributed by atoms with E-state index in [9.17, 15) is 24.6 Å². The lowest BCUT2D eigenvalue weighted by molar-refractivity contribution is -0.175. The Morgan fingerprint density at radius 3 is 2.32 bits per heavy atom. The summed E-state index contributed by atoms with van der Waals surface area (Å²) in [7, 11) is 0. The predicted molar refractivity (Wildman–Crippen MR) is 64.8 cm³/mol. The second-order valence-corrected chi connectivity index (χ2v) is 5.28. The molecule has 2 heterocycles. The van der Waals surface area contributed by atoms with Gasteiger partial charge in [-0.2, -0.15) is 0 Å². The van der Waals surface area contributed by atoms with Crippen molar-refractivity contribution in [1.82, 2.24) is 0 Å². The average Bonchev–Trinajstić information content (AvgIpc) is 2.93. The minimum Gasteiger partial charge on any atom is -0.481 e.